The topological polar surface area (TPSA) is 20.2 Å². The summed E-state index contributed by atoms with van der Waals surface area (Å²) in [7, 11) is 0. The number of fused-ring (bicyclic) bond motifs is 1. The molecule has 0 aliphatic heterocycles. The second-order valence-corrected chi connectivity index (χ2v) is 5.59. The highest BCUT2D eigenvalue weighted by Gasteiger charge is 2.63. The normalized spacial score (nSPS) is 36.9. The maximum absolute atomic E-state index is 10.7. The van der Waals surface area contributed by atoms with Crippen LogP contribution in [0.1, 0.15) is 36.8 Å². The van der Waals surface area contributed by atoms with Crippen LogP contribution in [0.15, 0.2) is 24.3 Å². The number of benzene rings is 1. The van der Waals surface area contributed by atoms with Crippen LogP contribution in [0, 0.1) is 18.8 Å². The summed E-state index contributed by atoms with van der Waals surface area (Å²) in [6, 6.07) is 8.46. The van der Waals surface area contributed by atoms with Crippen molar-refractivity contribution in [2.75, 3.05) is 0 Å². The molecule has 1 heteroatoms. The SMILES string of the molecule is Cc1ccccc1CC1(O)C2CCCCC21. The molecule has 86 valence electrons. The molecular formula is C15H20O. The summed E-state index contributed by atoms with van der Waals surface area (Å²) < 4.78 is 0. The van der Waals surface area contributed by atoms with Gasteiger partial charge in [-0.3, -0.25) is 0 Å². The van der Waals surface area contributed by atoms with Gasteiger partial charge in [-0.15, -0.1) is 0 Å². The van der Waals surface area contributed by atoms with E-state index in [9.17, 15) is 5.11 Å². The van der Waals surface area contributed by atoms with Gasteiger partial charge in [-0.05, 0) is 42.7 Å². The van der Waals surface area contributed by atoms with Gasteiger partial charge in [-0.2, -0.15) is 0 Å². The quantitative estimate of drug-likeness (QED) is 0.805. The third kappa shape index (κ3) is 1.49. The van der Waals surface area contributed by atoms with Gasteiger partial charge in [-0.25, -0.2) is 0 Å². The van der Waals surface area contributed by atoms with Crippen molar-refractivity contribution in [1.29, 1.82) is 0 Å². The lowest BCUT2D eigenvalue weighted by molar-refractivity contribution is 0.118. The molecule has 0 amide bonds. The van der Waals surface area contributed by atoms with Crippen molar-refractivity contribution in [3.8, 4) is 0 Å². The third-order valence-corrected chi connectivity index (χ3v) is 4.68. The minimum atomic E-state index is -0.359. The highest BCUT2D eigenvalue weighted by Crippen LogP contribution is 2.60. The second kappa shape index (κ2) is 3.59. The van der Waals surface area contributed by atoms with Crippen LogP contribution in [0.25, 0.3) is 0 Å². The lowest BCUT2D eigenvalue weighted by Gasteiger charge is -2.12. The molecule has 1 aromatic carbocycles. The van der Waals surface area contributed by atoms with Gasteiger partial charge in [0, 0.05) is 6.42 Å². The van der Waals surface area contributed by atoms with Gasteiger partial charge in [-0.1, -0.05) is 37.1 Å². The maximum atomic E-state index is 10.7. The van der Waals surface area contributed by atoms with Crippen molar-refractivity contribution in [3.05, 3.63) is 35.4 Å². The zero-order valence-electron chi connectivity index (χ0n) is 9.95. The fourth-order valence-electron chi connectivity index (χ4n) is 3.59. The van der Waals surface area contributed by atoms with Crippen molar-refractivity contribution in [2.45, 2.75) is 44.6 Å². The minimum Gasteiger partial charge on any atom is -0.389 e. The molecule has 2 saturated carbocycles. The van der Waals surface area contributed by atoms with Crippen molar-refractivity contribution < 1.29 is 5.11 Å². The third-order valence-electron chi connectivity index (χ3n) is 4.68. The Morgan fingerprint density at radius 1 is 1.19 bits per heavy atom. The van der Waals surface area contributed by atoms with Crippen LogP contribution in [0.2, 0.25) is 0 Å². The van der Waals surface area contributed by atoms with E-state index in [1.165, 1.54) is 36.8 Å². The molecule has 0 bridgehead atoms. The minimum absolute atomic E-state index is 0.359. The Bertz CT molecular complexity index is 384. The standard InChI is InChI=1S/C15H20O/c1-11-6-2-3-7-12(11)10-15(16)13-8-4-5-9-14(13)15/h2-3,6-7,13-14,16H,4-5,8-10H2,1H3. The fraction of sp³-hybridized carbons (Fsp3) is 0.600. The molecule has 0 radical (unpaired) electrons. The molecule has 1 nitrogen and oxygen atoms in total. The van der Waals surface area contributed by atoms with Crippen molar-refractivity contribution >= 4 is 0 Å². The van der Waals surface area contributed by atoms with Crippen LogP contribution in [0.5, 0.6) is 0 Å². The van der Waals surface area contributed by atoms with E-state index in [2.05, 4.69) is 31.2 Å². The predicted molar refractivity (Wildman–Crippen MR) is 65.3 cm³/mol. The predicted octanol–water partition coefficient (Wildman–Crippen LogP) is 3.09. The molecule has 16 heavy (non-hydrogen) atoms. The molecule has 1 aromatic rings. The fourth-order valence-corrected chi connectivity index (χ4v) is 3.59. The number of rotatable bonds is 2. The molecule has 2 aliphatic rings. The van der Waals surface area contributed by atoms with Gasteiger partial charge in [0.05, 0.1) is 5.60 Å². The summed E-state index contributed by atoms with van der Waals surface area (Å²) in [5.41, 5.74) is 2.29. The van der Waals surface area contributed by atoms with E-state index in [4.69, 9.17) is 0 Å². The summed E-state index contributed by atoms with van der Waals surface area (Å²) in [6.45, 7) is 2.14. The Morgan fingerprint density at radius 2 is 1.81 bits per heavy atom. The van der Waals surface area contributed by atoms with E-state index < -0.39 is 0 Å². The molecule has 2 aliphatic carbocycles. The Kier molecular flexibility index (Phi) is 2.32. The lowest BCUT2D eigenvalue weighted by atomic mass is 9.99. The van der Waals surface area contributed by atoms with Gasteiger partial charge in [0.2, 0.25) is 0 Å². The monoisotopic (exact) mass is 216 g/mol. The molecular weight excluding hydrogens is 196 g/mol. The van der Waals surface area contributed by atoms with Crippen molar-refractivity contribution in [3.63, 3.8) is 0 Å². The lowest BCUT2D eigenvalue weighted by Crippen LogP contribution is -2.17. The molecule has 0 heterocycles. The van der Waals surface area contributed by atoms with E-state index in [-0.39, 0.29) is 5.60 Å². The van der Waals surface area contributed by atoms with E-state index in [1.54, 1.807) is 0 Å². The van der Waals surface area contributed by atoms with Gasteiger partial charge in [0.25, 0.3) is 0 Å². The first-order valence-electron chi connectivity index (χ1n) is 6.49. The molecule has 0 aromatic heterocycles. The Labute approximate surface area is 97.5 Å². The Hall–Kier alpha value is -0.820. The molecule has 3 rings (SSSR count). The first-order valence-corrected chi connectivity index (χ1v) is 6.49. The average molecular weight is 216 g/mol. The molecule has 2 atom stereocenters. The summed E-state index contributed by atoms with van der Waals surface area (Å²) in [5, 5.41) is 10.7. The molecule has 2 fully saturated rings. The van der Waals surface area contributed by atoms with E-state index in [1.807, 2.05) is 0 Å². The zero-order valence-corrected chi connectivity index (χ0v) is 9.95. The zero-order chi connectivity index (χ0) is 11.2. The first-order chi connectivity index (χ1) is 7.72. The summed E-state index contributed by atoms with van der Waals surface area (Å²) in [5.74, 6) is 1.20. The van der Waals surface area contributed by atoms with E-state index >= 15 is 0 Å². The van der Waals surface area contributed by atoms with Crippen LogP contribution >= 0.6 is 0 Å². The number of aryl methyl sites for hydroxylation is 1. The van der Waals surface area contributed by atoms with Gasteiger partial charge in [0.1, 0.15) is 0 Å². The smallest absolute Gasteiger partial charge is 0.0751 e. The van der Waals surface area contributed by atoms with E-state index in [0.717, 1.165) is 6.42 Å². The van der Waals surface area contributed by atoms with Gasteiger partial charge in [0.15, 0.2) is 0 Å². The van der Waals surface area contributed by atoms with Gasteiger partial charge < -0.3 is 5.11 Å². The van der Waals surface area contributed by atoms with Crippen molar-refractivity contribution in [2.24, 2.45) is 11.8 Å². The molecule has 2 unspecified atom stereocenters. The van der Waals surface area contributed by atoms with Gasteiger partial charge >= 0.3 is 0 Å². The van der Waals surface area contributed by atoms with Crippen LogP contribution in [0.3, 0.4) is 0 Å². The molecule has 0 spiro atoms. The highest BCUT2D eigenvalue weighted by atomic mass is 16.3. The van der Waals surface area contributed by atoms with Crippen LogP contribution in [-0.4, -0.2) is 10.7 Å². The molecule has 0 saturated heterocycles. The largest absolute Gasteiger partial charge is 0.389 e. The number of hydrogen-bond donors (Lipinski definition) is 1. The second-order valence-electron chi connectivity index (χ2n) is 5.59. The summed E-state index contributed by atoms with van der Waals surface area (Å²) in [6.07, 6.45) is 5.99. The van der Waals surface area contributed by atoms with Crippen LogP contribution < -0.4 is 0 Å². The van der Waals surface area contributed by atoms with Crippen molar-refractivity contribution in [1.82, 2.24) is 0 Å². The summed E-state index contributed by atoms with van der Waals surface area (Å²) >= 11 is 0. The number of aliphatic hydroxyl groups is 1. The Morgan fingerprint density at radius 3 is 2.44 bits per heavy atom. The summed E-state index contributed by atoms with van der Waals surface area (Å²) in [4.78, 5) is 0. The van der Waals surface area contributed by atoms with Crippen LogP contribution in [0.4, 0.5) is 0 Å². The molecule has 1 N–H and O–H groups in total. The highest BCUT2D eigenvalue weighted by molar-refractivity contribution is 5.30. The van der Waals surface area contributed by atoms with E-state index in [0.29, 0.717) is 11.8 Å². The first kappa shape index (κ1) is 10.3. The maximum Gasteiger partial charge on any atom is 0.0751 e. The number of hydrogen-bond acceptors (Lipinski definition) is 1. The average Bonchev–Trinajstić information content (AvgIpc) is 2.89. The van der Waals surface area contributed by atoms with Crippen LogP contribution in [-0.2, 0) is 6.42 Å². The Balaban J connectivity index is 1.78.